The summed E-state index contributed by atoms with van der Waals surface area (Å²) in [6, 6.07) is 0.376. The summed E-state index contributed by atoms with van der Waals surface area (Å²) < 4.78 is 3.12. The van der Waals surface area contributed by atoms with Gasteiger partial charge in [-0.25, -0.2) is 0 Å². The first-order chi connectivity index (χ1) is 9.10. The topological polar surface area (TPSA) is 55.9 Å². The maximum atomic E-state index is 5.84. The van der Waals surface area contributed by atoms with Gasteiger partial charge >= 0.3 is 0 Å². The first-order valence-electron chi connectivity index (χ1n) is 7.24. The second-order valence-corrected chi connectivity index (χ2v) is 7.08. The SMILES string of the molecule is Cc1nn(C)c(CC(NN)C2CC3CCC2C3)c1Br. The third-order valence-electron chi connectivity index (χ3n) is 5.20. The van der Waals surface area contributed by atoms with Gasteiger partial charge in [-0.1, -0.05) is 6.42 Å². The van der Waals surface area contributed by atoms with Gasteiger partial charge in [0.15, 0.2) is 0 Å². The first kappa shape index (κ1) is 13.6. The van der Waals surface area contributed by atoms with Crippen LogP contribution in [0.1, 0.15) is 37.1 Å². The molecule has 4 unspecified atom stereocenters. The van der Waals surface area contributed by atoms with Crippen LogP contribution < -0.4 is 11.3 Å². The lowest BCUT2D eigenvalue weighted by atomic mass is 9.82. The number of hydrogen-bond acceptors (Lipinski definition) is 3. The third kappa shape index (κ3) is 2.36. The standard InChI is InChI=1S/C14H23BrN4/c1-8-14(15)13(19(2)18-8)7-12(17-16)11-6-9-3-4-10(11)5-9/h9-12,17H,3-7,16H2,1-2H3. The van der Waals surface area contributed by atoms with Crippen LogP contribution in [0.3, 0.4) is 0 Å². The van der Waals surface area contributed by atoms with Crippen molar-refractivity contribution in [2.24, 2.45) is 30.6 Å². The van der Waals surface area contributed by atoms with Crippen molar-refractivity contribution >= 4 is 15.9 Å². The van der Waals surface area contributed by atoms with Crippen LogP contribution >= 0.6 is 15.9 Å². The highest BCUT2D eigenvalue weighted by molar-refractivity contribution is 9.10. The molecule has 106 valence electrons. The smallest absolute Gasteiger partial charge is 0.0738 e. The molecule has 0 radical (unpaired) electrons. The van der Waals surface area contributed by atoms with E-state index < -0.39 is 0 Å². The van der Waals surface area contributed by atoms with E-state index in [1.807, 2.05) is 18.7 Å². The fourth-order valence-corrected chi connectivity index (χ4v) is 4.73. The molecule has 2 saturated carbocycles. The predicted octanol–water partition coefficient (Wildman–Crippen LogP) is 2.30. The van der Waals surface area contributed by atoms with Gasteiger partial charge in [-0.2, -0.15) is 5.10 Å². The van der Waals surface area contributed by atoms with Crippen molar-refractivity contribution in [2.75, 3.05) is 0 Å². The number of hydrogen-bond donors (Lipinski definition) is 2. The summed E-state index contributed by atoms with van der Waals surface area (Å²) in [5.41, 5.74) is 5.39. The first-order valence-corrected chi connectivity index (χ1v) is 8.03. The number of fused-ring (bicyclic) bond motifs is 2. The second-order valence-electron chi connectivity index (χ2n) is 6.29. The Labute approximate surface area is 123 Å². The molecule has 19 heavy (non-hydrogen) atoms. The molecule has 4 atom stereocenters. The molecule has 0 aliphatic heterocycles. The van der Waals surface area contributed by atoms with Crippen LogP contribution in [0.25, 0.3) is 0 Å². The number of nitrogens with zero attached hydrogens (tertiary/aromatic N) is 2. The minimum atomic E-state index is 0.376. The second kappa shape index (κ2) is 5.19. The van der Waals surface area contributed by atoms with Gasteiger partial charge in [0.05, 0.1) is 15.9 Å². The van der Waals surface area contributed by atoms with Crippen molar-refractivity contribution in [1.82, 2.24) is 15.2 Å². The quantitative estimate of drug-likeness (QED) is 0.659. The molecule has 0 spiro atoms. The van der Waals surface area contributed by atoms with Gasteiger partial charge in [-0.3, -0.25) is 16.0 Å². The fraction of sp³-hybridized carbons (Fsp3) is 0.786. The van der Waals surface area contributed by atoms with Gasteiger partial charge < -0.3 is 0 Å². The number of hydrazine groups is 1. The van der Waals surface area contributed by atoms with E-state index in [0.29, 0.717) is 6.04 Å². The zero-order valence-electron chi connectivity index (χ0n) is 11.7. The molecule has 0 amide bonds. The van der Waals surface area contributed by atoms with E-state index in [1.54, 1.807) is 0 Å². The zero-order valence-corrected chi connectivity index (χ0v) is 13.3. The summed E-state index contributed by atoms with van der Waals surface area (Å²) in [7, 11) is 2.02. The van der Waals surface area contributed by atoms with Crippen LogP contribution in [0.2, 0.25) is 0 Å². The molecule has 1 aromatic heterocycles. The lowest BCUT2D eigenvalue weighted by Gasteiger charge is -2.30. The van der Waals surface area contributed by atoms with E-state index in [2.05, 4.69) is 26.5 Å². The minimum Gasteiger partial charge on any atom is -0.271 e. The fourth-order valence-electron chi connectivity index (χ4n) is 4.23. The molecule has 0 saturated heterocycles. The van der Waals surface area contributed by atoms with Crippen molar-refractivity contribution < 1.29 is 0 Å². The van der Waals surface area contributed by atoms with Gasteiger partial charge in [0.2, 0.25) is 0 Å². The molecule has 3 N–H and O–H groups in total. The van der Waals surface area contributed by atoms with Gasteiger partial charge in [-0.05, 0) is 59.9 Å². The molecule has 5 heteroatoms. The Balaban J connectivity index is 1.76. The summed E-state index contributed by atoms with van der Waals surface area (Å²) in [4.78, 5) is 0. The Morgan fingerprint density at radius 1 is 1.47 bits per heavy atom. The van der Waals surface area contributed by atoms with Crippen LogP contribution in [0, 0.1) is 24.7 Å². The largest absolute Gasteiger partial charge is 0.271 e. The molecule has 4 nitrogen and oxygen atoms in total. The molecule has 2 aliphatic rings. The highest BCUT2D eigenvalue weighted by Crippen LogP contribution is 2.49. The Kier molecular flexibility index (Phi) is 3.71. The van der Waals surface area contributed by atoms with Crippen molar-refractivity contribution in [3.63, 3.8) is 0 Å². The van der Waals surface area contributed by atoms with Crippen LogP contribution in [0.4, 0.5) is 0 Å². The van der Waals surface area contributed by atoms with Gasteiger partial charge in [-0.15, -0.1) is 0 Å². The van der Waals surface area contributed by atoms with E-state index in [1.165, 1.54) is 31.4 Å². The average Bonchev–Trinajstić information content (AvgIpc) is 3.06. The Bertz CT molecular complexity index is 470. The summed E-state index contributed by atoms with van der Waals surface area (Å²) in [5, 5.41) is 4.47. The highest BCUT2D eigenvalue weighted by atomic mass is 79.9. The molecule has 1 aromatic rings. The molecule has 0 aromatic carbocycles. The lowest BCUT2D eigenvalue weighted by molar-refractivity contribution is 0.245. The maximum Gasteiger partial charge on any atom is 0.0738 e. The monoisotopic (exact) mass is 326 g/mol. The van der Waals surface area contributed by atoms with Gasteiger partial charge in [0, 0.05) is 19.5 Å². The van der Waals surface area contributed by atoms with E-state index in [9.17, 15) is 0 Å². The lowest BCUT2D eigenvalue weighted by Crippen LogP contribution is -2.44. The predicted molar refractivity (Wildman–Crippen MR) is 79.4 cm³/mol. The molecular weight excluding hydrogens is 304 g/mol. The van der Waals surface area contributed by atoms with Crippen molar-refractivity contribution in [3.8, 4) is 0 Å². The van der Waals surface area contributed by atoms with E-state index in [-0.39, 0.29) is 0 Å². The summed E-state index contributed by atoms with van der Waals surface area (Å²) in [5.74, 6) is 8.43. The minimum absolute atomic E-state index is 0.376. The molecule has 2 aliphatic carbocycles. The molecule has 2 bridgehead atoms. The van der Waals surface area contributed by atoms with Crippen LogP contribution in [-0.2, 0) is 13.5 Å². The number of halogens is 1. The van der Waals surface area contributed by atoms with Crippen molar-refractivity contribution in [1.29, 1.82) is 0 Å². The number of aromatic nitrogens is 2. The number of rotatable bonds is 4. The van der Waals surface area contributed by atoms with E-state index in [4.69, 9.17) is 5.84 Å². The van der Waals surface area contributed by atoms with Crippen LogP contribution in [0.15, 0.2) is 4.47 Å². The summed E-state index contributed by atoms with van der Waals surface area (Å²) in [6.45, 7) is 2.04. The van der Waals surface area contributed by atoms with E-state index >= 15 is 0 Å². The van der Waals surface area contributed by atoms with E-state index in [0.717, 1.165) is 34.3 Å². The summed E-state index contributed by atoms with van der Waals surface area (Å²) >= 11 is 3.66. The molecular formula is C14H23BrN4. The number of aryl methyl sites for hydroxylation is 2. The zero-order chi connectivity index (χ0) is 13.6. The van der Waals surface area contributed by atoms with Crippen molar-refractivity contribution in [3.05, 3.63) is 15.9 Å². The number of nitrogens with one attached hydrogen (secondary N) is 1. The molecule has 3 rings (SSSR count). The van der Waals surface area contributed by atoms with Gasteiger partial charge in [0.25, 0.3) is 0 Å². The Morgan fingerprint density at radius 3 is 2.74 bits per heavy atom. The average molecular weight is 327 g/mol. The number of nitrogens with two attached hydrogens (primary N) is 1. The van der Waals surface area contributed by atoms with Crippen molar-refractivity contribution in [2.45, 2.75) is 45.1 Å². The van der Waals surface area contributed by atoms with Crippen LogP contribution in [-0.4, -0.2) is 15.8 Å². The Hall–Kier alpha value is -0.390. The van der Waals surface area contributed by atoms with Crippen LogP contribution in [0.5, 0.6) is 0 Å². The normalized spacial score (nSPS) is 31.1. The maximum absolute atomic E-state index is 5.84. The van der Waals surface area contributed by atoms with Gasteiger partial charge in [0.1, 0.15) is 0 Å². The molecule has 1 heterocycles. The Morgan fingerprint density at radius 2 is 2.26 bits per heavy atom. The summed E-state index contributed by atoms with van der Waals surface area (Å²) in [6.07, 6.45) is 6.58. The third-order valence-corrected chi connectivity index (χ3v) is 6.23. The highest BCUT2D eigenvalue weighted by Gasteiger charge is 2.43. The molecule has 2 fully saturated rings.